The van der Waals surface area contributed by atoms with E-state index < -0.39 is 5.63 Å². The smallest absolute Gasteiger partial charge is 0.349 e. The third kappa shape index (κ3) is 3.45. The highest BCUT2D eigenvalue weighted by Crippen LogP contribution is 2.30. The molecule has 164 valence electrons. The summed E-state index contributed by atoms with van der Waals surface area (Å²) in [7, 11) is 0. The lowest BCUT2D eigenvalue weighted by molar-refractivity contribution is 0.0742. The topological polar surface area (TPSA) is 66.7 Å². The molecule has 0 aliphatic carbocycles. The predicted octanol–water partition coefficient (Wildman–Crippen LogP) is 4.83. The third-order valence-electron chi connectivity index (χ3n) is 6.24. The molecule has 1 aliphatic heterocycles. The highest BCUT2D eigenvalue weighted by atomic mass is 32.1. The quantitative estimate of drug-likeness (QED) is 0.282. The highest BCUT2D eigenvalue weighted by molar-refractivity contribution is 7.22. The van der Waals surface area contributed by atoms with Gasteiger partial charge in [-0.1, -0.05) is 47.7 Å². The molecule has 1 fully saturated rings. The van der Waals surface area contributed by atoms with Crippen LogP contribution in [0.4, 0.5) is 5.13 Å². The summed E-state index contributed by atoms with van der Waals surface area (Å²) < 4.78 is 6.70. The number of aromatic nitrogens is 1. The van der Waals surface area contributed by atoms with Crippen molar-refractivity contribution in [2.75, 3.05) is 31.1 Å². The summed E-state index contributed by atoms with van der Waals surface area (Å²) >= 11 is 1.68. The predicted molar refractivity (Wildman–Crippen MR) is 132 cm³/mol. The summed E-state index contributed by atoms with van der Waals surface area (Å²) in [6, 6.07) is 19.5. The van der Waals surface area contributed by atoms with Gasteiger partial charge < -0.3 is 14.2 Å². The van der Waals surface area contributed by atoms with E-state index in [4.69, 9.17) is 9.40 Å². The van der Waals surface area contributed by atoms with Gasteiger partial charge >= 0.3 is 5.63 Å². The van der Waals surface area contributed by atoms with Crippen molar-refractivity contribution in [3.63, 3.8) is 0 Å². The Morgan fingerprint density at radius 3 is 2.64 bits per heavy atom. The van der Waals surface area contributed by atoms with E-state index in [2.05, 4.69) is 24.0 Å². The van der Waals surface area contributed by atoms with Crippen molar-refractivity contribution in [2.24, 2.45) is 0 Å². The number of hydrogen-bond donors (Lipinski definition) is 0. The van der Waals surface area contributed by atoms with E-state index in [1.807, 2.05) is 36.4 Å². The number of anilines is 1. The minimum Gasteiger partial charge on any atom is -0.422 e. The van der Waals surface area contributed by atoms with Crippen molar-refractivity contribution < 1.29 is 9.21 Å². The number of benzene rings is 3. The number of aryl methyl sites for hydroxylation is 1. The molecule has 0 bridgehead atoms. The molecule has 0 saturated carbocycles. The number of thiazole rings is 1. The fraction of sp³-hybridized carbons (Fsp3) is 0.192. The first kappa shape index (κ1) is 19.9. The Morgan fingerprint density at radius 2 is 1.79 bits per heavy atom. The molecule has 33 heavy (non-hydrogen) atoms. The Kier molecular flexibility index (Phi) is 4.66. The van der Waals surface area contributed by atoms with Gasteiger partial charge in [0, 0.05) is 31.6 Å². The first-order valence-electron chi connectivity index (χ1n) is 10.9. The maximum atomic E-state index is 13.3. The summed E-state index contributed by atoms with van der Waals surface area (Å²) in [5.41, 5.74) is 2.20. The maximum Gasteiger partial charge on any atom is 0.349 e. The second kappa shape index (κ2) is 7.71. The molecule has 6 rings (SSSR count). The first-order chi connectivity index (χ1) is 16.1. The van der Waals surface area contributed by atoms with Crippen molar-refractivity contribution in [3.05, 3.63) is 82.2 Å². The van der Waals surface area contributed by atoms with Gasteiger partial charge in [0.25, 0.3) is 5.91 Å². The lowest BCUT2D eigenvalue weighted by Crippen LogP contribution is -2.49. The zero-order valence-corrected chi connectivity index (χ0v) is 18.9. The number of rotatable bonds is 2. The monoisotopic (exact) mass is 455 g/mol. The number of nitrogens with zero attached hydrogens (tertiary/aromatic N) is 3. The van der Waals surface area contributed by atoms with E-state index in [0.29, 0.717) is 31.8 Å². The molecule has 0 N–H and O–H groups in total. The number of hydrogen-bond acceptors (Lipinski definition) is 6. The van der Waals surface area contributed by atoms with Crippen LogP contribution in [-0.2, 0) is 0 Å². The molecule has 0 spiro atoms. The van der Waals surface area contributed by atoms with E-state index in [1.165, 1.54) is 10.3 Å². The number of carbonyl (C=O) groups excluding carboxylic acids is 1. The Labute approximate surface area is 193 Å². The minimum absolute atomic E-state index is 0.0859. The minimum atomic E-state index is -0.591. The van der Waals surface area contributed by atoms with Crippen molar-refractivity contribution in [1.29, 1.82) is 0 Å². The van der Waals surface area contributed by atoms with Gasteiger partial charge in [-0.3, -0.25) is 4.79 Å². The normalized spacial score (nSPS) is 14.5. The van der Waals surface area contributed by atoms with Gasteiger partial charge in [-0.2, -0.15) is 0 Å². The van der Waals surface area contributed by atoms with Crippen molar-refractivity contribution >= 4 is 54.3 Å². The molecule has 7 heteroatoms. The Bertz CT molecular complexity index is 1600. The average Bonchev–Trinajstić information content (AvgIpc) is 3.26. The van der Waals surface area contributed by atoms with Crippen LogP contribution < -0.4 is 10.5 Å². The van der Waals surface area contributed by atoms with Crippen LogP contribution in [0.25, 0.3) is 32.0 Å². The molecule has 1 aliphatic rings. The average molecular weight is 456 g/mol. The van der Waals surface area contributed by atoms with Gasteiger partial charge in [0.1, 0.15) is 11.1 Å². The van der Waals surface area contributed by atoms with Gasteiger partial charge in [-0.05, 0) is 47.5 Å². The number of carbonyl (C=O) groups is 1. The zero-order valence-electron chi connectivity index (χ0n) is 18.1. The van der Waals surface area contributed by atoms with Crippen LogP contribution >= 0.6 is 11.3 Å². The van der Waals surface area contributed by atoms with E-state index in [0.717, 1.165) is 26.8 Å². The van der Waals surface area contributed by atoms with Crippen LogP contribution in [0.2, 0.25) is 0 Å². The standard InChI is InChI=1S/C26H21N3O3S/c1-16-6-8-21-23(14-16)33-26(27-21)29-12-10-28(11-13-29)24(30)20-15-19-18-5-3-2-4-17(18)7-9-22(19)32-25(20)31/h2-9,14-15H,10-13H2,1H3. The van der Waals surface area contributed by atoms with Gasteiger partial charge in [0.15, 0.2) is 5.13 Å². The first-order valence-corrected chi connectivity index (χ1v) is 11.8. The molecular formula is C26H21N3O3S. The van der Waals surface area contributed by atoms with Crippen LogP contribution in [0.5, 0.6) is 0 Å². The van der Waals surface area contributed by atoms with Crippen LogP contribution in [0.15, 0.2) is 69.9 Å². The molecule has 1 amide bonds. The highest BCUT2D eigenvalue weighted by Gasteiger charge is 2.26. The van der Waals surface area contributed by atoms with E-state index in [1.54, 1.807) is 28.4 Å². The molecule has 1 saturated heterocycles. The van der Waals surface area contributed by atoms with Crippen molar-refractivity contribution in [2.45, 2.75) is 6.92 Å². The van der Waals surface area contributed by atoms with E-state index in [-0.39, 0.29) is 11.5 Å². The van der Waals surface area contributed by atoms with Gasteiger partial charge in [-0.25, -0.2) is 9.78 Å². The van der Waals surface area contributed by atoms with E-state index >= 15 is 0 Å². The van der Waals surface area contributed by atoms with Crippen LogP contribution in [-0.4, -0.2) is 42.0 Å². The second-order valence-corrected chi connectivity index (χ2v) is 9.40. The van der Waals surface area contributed by atoms with Crippen LogP contribution in [0.1, 0.15) is 15.9 Å². The molecule has 0 unspecified atom stereocenters. The molecular weight excluding hydrogens is 434 g/mol. The molecule has 5 aromatic rings. The Hall–Kier alpha value is -3.71. The molecule has 3 heterocycles. The summed E-state index contributed by atoms with van der Waals surface area (Å²) in [5.74, 6) is -0.279. The number of piperazine rings is 1. The Balaban J connectivity index is 1.26. The zero-order chi connectivity index (χ0) is 22.5. The van der Waals surface area contributed by atoms with E-state index in [9.17, 15) is 9.59 Å². The summed E-state index contributed by atoms with van der Waals surface area (Å²) in [6.45, 7) is 4.48. The largest absolute Gasteiger partial charge is 0.422 e. The van der Waals surface area contributed by atoms with Crippen molar-refractivity contribution in [3.8, 4) is 0 Å². The fourth-order valence-electron chi connectivity index (χ4n) is 4.45. The maximum absolute atomic E-state index is 13.3. The lowest BCUT2D eigenvalue weighted by Gasteiger charge is -2.34. The van der Waals surface area contributed by atoms with Gasteiger partial charge in [0.2, 0.25) is 0 Å². The van der Waals surface area contributed by atoms with Gasteiger partial charge in [0.05, 0.1) is 10.2 Å². The molecule has 0 radical (unpaired) electrons. The fourth-order valence-corrected chi connectivity index (χ4v) is 5.56. The summed E-state index contributed by atoms with van der Waals surface area (Å²) in [5, 5.41) is 3.75. The number of fused-ring (bicyclic) bond motifs is 4. The third-order valence-corrected chi connectivity index (χ3v) is 7.32. The molecule has 3 aromatic carbocycles. The van der Waals surface area contributed by atoms with Crippen LogP contribution in [0.3, 0.4) is 0 Å². The summed E-state index contributed by atoms with van der Waals surface area (Å²) in [4.78, 5) is 34.6. The van der Waals surface area contributed by atoms with Gasteiger partial charge in [-0.15, -0.1) is 0 Å². The second-order valence-electron chi connectivity index (χ2n) is 8.39. The van der Waals surface area contributed by atoms with Crippen molar-refractivity contribution in [1.82, 2.24) is 9.88 Å². The lowest BCUT2D eigenvalue weighted by atomic mass is 10.0. The SMILES string of the molecule is Cc1ccc2nc(N3CCN(C(=O)c4cc5c(ccc6ccccc65)oc4=O)CC3)sc2c1. The molecule has 6 nitrogen and oxygen atoms in total. The summed E-state index contributed by atoms with van der Waals surface area (Å²) in [6.07, 6.45) is 0. The molecule has 2 aromatic heterocycles. The number of amides is 1. The van der Waals surface area contributed by atoms with Crippen LogP contribution in [0, 0.1) is 6.92 Å². The Morgan fingerprint density at radius 1 is 0.970 bits per heavy atom. The molecule has 0 atom stereocenters.